The lowest BCUT2D eigenvalue weighted by Gasteiger charge is -2.11. The van der Waals surface area contributed by atoms with Crippen molar-refractivity contribution in [2.24, 2.45) is 4.99 Å². The topological polar surface area (TPSA) is 57.1 Å². The first-order chi connectivity index (χ1) is 17.6. The second kappa shape index (κ2) is 10.6. The number of methoxy groups -OCH3 is 1. The zero-order valence-corrected chi connectivity index (χ0v) is 21.1. The standard InChI is InChI=1S/C30H22BrNO4/c1-34-28-18-21(9-16-27(28)35-19-20-7-14-25(31)15-8-20)17-26-30(33)36-29(32-26)24-12-10-23(11-13-24)22-5-3-2-4-6-22/h2-18H,19H2,1H3/b26-17-. The highest BCUT2D eigenvalue weighted by Crippen LogP contribution is 2.31. The van der Waals surface area contributed by atoms with Crippen LogP contribution >= 0.6 is 15.9 Å². The number of cyclic esters (lactones) is 1. The Labute approximate surface area is 217 Å². The number of ether oxygens (including phenoxy) is 3. The van der Waals surface area contributed by atoms with Crippen LogP contribution in [-0.4, -0.2) is 19.0 Å². The first kappa shape index (κ1) is 23.6. The second-order valence-electron chi connectivity index (χ2n) is 8.10. The summed E-state index contributed by atoms with van der Waals surface area (Å²) in [6.45, 7) is 0.410. The van der Waals surface area contributed by atoms with E-state index in [0.717, 1.165) is 32.3 Å². The van der Waals surface area contributed by atoms with E-state index in [4.69, 9.17) is 14.2 Å². The van der Waals surface area contributed by atoms with Gasteiger partial charge >= 0.3 is 5.97 Å². The molecule has 178 valence electrons. The molecule has 0 radical (unpaired) electrons. The van der Waals surface area contributed by atoms with Gasteiger partial charge in [0.05, 0.1) is 7.11 Å². The van der Waals surface area contributed by atoms with E-state index in [-0.39, 0.29) is 11.6 Å². The Hall–Kier alpha value is -4.16. The fourth-order valence-electron chi connectivity index (χ4n) is 3.76. The quantitative estimate of drug-likeness (QED) is 0.186. The molecule has 0 spiro atoms. The third-order valence-electron chi connectivity index (χ3n) is 5.66. The summed E-state index contributed by atoms with van der Waals surface area (Å²) in [5.41, 5.74) is 4.95. The number of esters is 1. The predicted molar refractivity (Wildman–Crippen MR) is 144 cm³/mol. The normalized spacial score (nSPS) is 13.9. The highest BCUT2D eigenvalue weighted by Gasteiger charge is 2.24. The molecular weight excluding hydrogens is 518 g/mol. The number of rotatable bonds is 7. The average molecular weight is 540 g/mol. The molecular formula is C30H22BrNO4. The van der Waals surface area contributed by atoms with E-state index in [0.29, 0.717) is 18.1 Å². The van der Waals surface area contributed by atoms with Crippen LogP contribution in [0.1, 0.15) is 16.7 Å². The molecule has 0 saturated carbocycles. The van der Waals surface area contributed by atoms with Gasteiger partial charge in [0.15, 0.2) is 17.2 Å². The molecule has 1 aliphatic heterocycles. The minimum absolute atomic E-state index is 0.225. The zero-order valence-electron chi connectivity index (χ0n) is 19.5. The molecule has 1 heterocycles. The number of aliphatic imine (C=N–C) groups is 1. The van der Waals surface area contributed by atoms with Crippen molar-refractivity contribution >= 4 is 33.9 Å². The molecule has 0 N–H and O–H groups in total. The maximum absolute atomic E-state index is 12.5. The van der Waals surface area contributed by atoms with Gasteiger partial charge in [-0.25, -0.2) is 9.79 Å². The second-order valence-corrected chi connectivity index (χ2v) is 9.02. The van der Waals surface area contributed by atoms with Crippen LogP contribution < -0.4 is 9.47 Å². The number of benzene rings is 4. The summed E-state index contributed by atoms with van der Waals surface area (Å²) in [4.78, 5) is 16.9. The Bertz CT molecular complexity index is 1440. The summed E-state index contributed by atoms with van der Waals surface area (Å²) >= 11 is 3.43. The van der Waals surface area contributed by atoms with Gasteiger partial charge in [-0.05, 0) is 64.7 Å². The van der Waals surface area contributed by atoms with Crippen molar-refractivity contribution in [3.63, 3.8) is 0 Å². The van der Waals surface area contributed by atoms with Gasteiger partial charge in [0, 0.05) is 10.0 Å². The fraction of sp³-hybridized carbons (Fsp3) is 0.0667. The van der Waals surface area contributed by atoms with E-state index in [1.165, 1.54) is 0 Å². The van der Waals surface area contributed by atoms with E-state index in [2.05, 4.69) is 20.9 Å². The van der Waals surface area contributed by atoms with E-state index < -0.39 is 5.97 Å². The lowest BCUT2D eigenvalue weighted by molar-refractivity contribution is -0.129. The molecule has 4 aromatic rings. The van der Waals surface area contributed by atoms with Crippen LogP contribution in [-0.2, 0) is 16.1 Å². The van der Waals surface area contributed by atoms with Crippen LogP contribution in [0, 0.1) is 0 Å². The van der Waals surface area contributed by atoms with Gasteiger partial charge in [-0.2, -0.15) is 0 Å². The van der Waals surface area contributed by atoms with Crippen molar-refractivity contribution in [3.8, 4) is 22.6 Å². The lowest BCUT2D eigenvalue weighted by atomic mass is 10.0. The van der Waals surface area contributed by atoms with Crippen molar-refractivity contribution < 1.29 is 19.0 Å². The molecule has 0 atom stereocenters. The maximum Gasteiger partial charge on any atom is 0.363 e. The van der Waals surface area contributed by atoms with Crippen molar-refractivity contribution in [2.75, 3.05) is 7.11 Å². The fourth-order valence-corrected chi connectivity index (χ4v) is 4.03. The third-order valence-corrected chi connectivity index (χ3v) is 6.19. The van der Waals surface area contributed by atoms with Gasteiger partial charge in [0.1, 0.15) is 6.61 Å². The predicted octanol–water partition coefficient (Wildman–Crippen LogP) is 7.05. The van der Waals surface area contributed by atoms with Gasteiger partial charge < -0.3 is 14.2 Å². The van der Waals surface area contributed by atoms with Crippen molar-refractivity contribution in [1.82, 2.24) is 0 Å². The highest BCUT2D eigenvalue weighted by atomic mass is 79.9. The molecule has 4 aromatic carbocycles. The van der Waals surface area contributed by atoms with Gasteiger partial charge in [0.25, 0.3) is 0 Å². The van der Waals surface area contributed by atoms with Gasteiger partial charge in [-0.15, -0.1) is 0 Å². The highest BCUT2D eigenvalue weighted by molar-refractivity contribution is 9.10. The van der Waals surface area contributed by atoms with Crippen LogP contribution in [0.15, 0.2) is 112 Å². The summed E-state index contributed by atoms with van der Waals surface area (Å²) in [5, 5.41) is 0. The third kappa shape index (κ3) is 5.39. The number of carbonyl (C=O) groups excluding carboxylic acids is 1. The Morgan fingerprint density at radius 2 is 1.53 bits per heavy atom. The van der Waals surface area contributed by atoms with E-state index in [1.807, 2.05) is 91.0 Å². The van der Waals surface area contributed by atoms with Crippen LogP contribution in [0.2, 0.25) is 0 Å². The lowest BCUT2D eigenvalue weighted by Crippen LogP contribution is -2.05. The van der Waals surface area contributed by atoms with Crippen molar-refractivity contribution in [2.45, 2.75) is 6.61 Å². The number of hydrogen-bond acceptors (Lipinski definition) is 5. The Balaban J connectivity index is 1.32. The number of nitrogens with zero attached hydrogens (tertiary/aromatic N) is 1. The summed E-state index contributed by atoms with van der Waals surface area (Å²) in [6, 6.07) is 31.3. The first-order valence-electron chi connectivity index (χ1n) is 11.3. The minimum Gasteiger partial charge on any atom is -0.493 e. The van der Waals surface area contributed by atoms with Gasteiger partial charge in [0.2, 0.25) is 5.90 Å². The smallest absolute Gasteiger partial charge is 0.363 e. The zero-order chi connectivity index (χ0) is 24.9. The van der Waals surface area contributed by atoms with Gasteiger partial charge in [-0.3, -0.25) is 0 Å². The summed E-state index contributed by atoms with van der Waals surface area (Å²) in [6.07, 6.45) is 1.68. The minimum atomic E-state index is -0.494. The molecule has 1 aliphatic rings. The Morgan fingerprint density at radius 1 is 0.833 bits per heavy atom. The van der Waals surface area contributed by atoms with Crippen molar-refractivity contribution in [3.05, 3.63) is 124 Å². The SMILES string of the molecule is COc1cc(/C=C2\N=C(c3ccc(-c4ccccc4)cc3)OC2=O)ccc1OCc1ccc(Br)cc1. The molecule has 0 aliphatic carbocycles. The number of halogens is 1. The Morgan fingerprint density at radius 3 is 2.25 bits per heavy atom. The van der Waals surface area contributed by atoms with Crippen LogP contribution in [0.5, 0.6) is 11.5 Å². The monoisotopic (exact) mass is 539 g/mol. The van der Waals surface area contributed by atoms with Crippen LogP contribution in [0.4, 0.5) is 0 Å². The molecule has 6 heteroatoms. The number of carbonyl (C=O) groups is 1. The number of hydrogen-bond donors (Lipinski definition) is 0. The first-order valence-corrected chi connectivity index (χ1v) is 12.1. The van der Waals surface area contributed by atoms with Crippen LogP contribution in [0.25, 0.3) is 17.2 Å². The summed E-state index contributed by atoms with van der Waals surface area (Å²) < 4.78 is 17.9. The molecule has 0 saturated heterocycles. The molecule has 0 amide bonds. The molecule has 5 rings (SSSR count). The molecule has 0 unspecified atom stereocenters. The molecule has 5 nitrogen and oxygen atoms in total. The largest absolute Gasteiger partial charge is 0.493 e. The summed E-state index contributed by atoms with van der Waals surface area (Å²) in [7, 11) is 1.58. The average Bonchev–Trinajstić information content (AvgIpc) is 3.29. The summed E-state index contributed by atoms with van der Waals surface area (Å²) in [5.74, 6) is 0.965. The Kier molecular flexibility index (Phi) is 6.96. The van der Waals surface area contributed by atoms with Gasteiger partial charge in [-0.1, -0.05) is 76.6 Å². The van der Waals surface area contributed by atoms with E-state index >= 15 is 0 Å². The van der Waals surface area contributed by atoms with Crippen LogP contribution in [0.3, 0.4) is 0 Å². The van der Waals surface area contributed by atoms with Crippen molar-refractivity contribution in [1.29, 1.82) is 0 Å². The molecule has 36 heavy (non-hydrogen) atoms. The van der Waals surface area contributed by atoms with E-state index in [9.17, 15) is 4.79 Å². The molecule has 0 aromatic heterocycles. The van der Waals surface area contributed by atoms with E-state index in [1.54, 1.807) is 19.3 Å². The molecule has 0 bridgehead atoms. The maximum atomic E-state index is 12.5. The molecule has 0 fully saturated rings.